The molecule has 2 aromatic rings. The van der Waals surface area contributed by atoms with Crippen molar-refractivity contribution >= 4 is 23.5 Å². The van der Waals surface area contributed by atoms with Crippen LogP contribution in [-0.4, -0.2) is 46.5 Å². The van der Waals surface area contributed by atoms with E-state index in [4.69, 9.17) is 4.42 Å². The van der Waals surface area contributed by atoms with Gasteiger partial charge in [0.15, 0.2) is 16.6 Å². The van der Waals surface area contributed by atoms with Gasteiger partial charge in [-0.3, -0.25) is 4.79 Å². The summed E-state index contributed by atoms with van der Waals surface area (Å²) >= 11 is 1.07. The van der Waals surface area contributed by atoms with Gasteiger partial charge < -0.3 is 14.2 Å². The second-order valence-corrected chi connectivity index (χ2v) is 8.93. The fourth-order valence-electron chi connectivity index (χ4n) is 3.99. The lowest BCUT2D eigenvalue weighted by atomic mass is 10.0. The largest absolute Gasteiger partial charge is 0.455 e. The van der Waals surface area contributed by atoms with Crippen LogP contribution >= 0.6 is 11.8 Å². The zero-order valence-corrected chi connectivity index (χ0v) is 18.1. The molecule has 0 radical (unpaired) electrons. The van der Waals surface area contributed by atoms with Crippen LogP contribution in [0.5, 0.6) is 0 Å². The van der Waals surface area contributed by atoms with E-state index in [2.05, 4.69) is 9.97 Å². The van der Waals surface area contributed by atoms with Crippen LogP contribution in [0.1, 0.15) is 61.0 Å². The number of thioether (sulfide) groups is 1. The SMILES string of the molecule is C[C@@H]1CCCCN1c1cc(C(F)(F)F)nc(SCc2ccc(C(=O)N3CCCC3)o2)n1. The standard InChI is InChI=1S/C21H25F3N4O2S/c1-14-6-2-3-11-28(14)18-12-17(21(22,23)24)25-20(26-18)31-13-15-7-8-16(30-15)19(29)27-9-4-5-10-27/h7-8,12,14H,2-6,9-11,13H2,1H3/t14-/m1/s1. The molecule has 4 rings (SSSR count). The lowest BCUT2D eigenvalue weighted by molar-refractivity contribution is -0.141. The van der Waals surface area contributed by atoms with Crippen LogP contribution in [0.25, 0.3) is 0 Å². The molecule has 0 aromatic carbocycles. The third kappa shape index (κ3) is 5.16. The van der Waals surface area contributed by atoms with Crippen molar-refractivity contribution in [3.05, 3.63) is 35.4 Å². The van der Waals surface area contributed by atoms with Gasteiger partial charge in [-0.2, -0.15) is 13.2 Å². The van der Waals surface area contributed by atoms with Crippen LogP contribution in [0, 0.1) is 0 Å². The van der Waals surface area contributed by atoms with Crippen LogP contribution in [0.15, 0.2) is 27.8 Å². The Kier molecular flexibility index (Phi) is 6.45. The van der Waals surface area contributed by atoms with Crippen LogP contribution in [0.3, 0.4) is 0 Å². The fraction of sp³-hybridized carbons (Fsp3) is 0.571. The van der Waals surface area contributed by atoms with Crippen molar-refractivity contribution < 1.29 is 22.4 Å². The van der Waals surface area contributed by atoms with Crippen LogP contribution < -0.4 is 4.90 Å². The van der Waals surface area contributed by atoms with E-state index in [1.54, 1.807) is 17.0 Å². The highest BCUT2D eigenvalue weighted by Crippen LogP contribution is 2.34. The van der Waals surface area contributed by atoms with Gasteiger partial charge in [0, 0.05) is 31.7 Å². The van der Waals surface area contributed by atoms with Crippen molar-refractivity contribution in [3.63, 3.8) is 0 Å². The number of carbonyl (C=O) groups excluding carboxylic acids is 1. The first-order valence-corrected chi connectivity index (χ1v) is 11.5. The highest BCUT2D eigenvalue weighted by Gasteiger charge is 2.35. The molecule has 2 fully saturated rings. The second kappa shape index (κ2) is 9.10. The predicted octanol–water partition coefficient (Wildman–Crippen LogP) is 5.00. The fourth-order valence-corrected chi connectivity index (χ4v) is 4.74. The molecule has 4 heterocycles. The van der Waals surface area contributed by atoms with Crippen LogP contribution in [-0.2, 0) is 11.9 Å². The van der Waals surface area contributed by atoms with Gasteiger partial charge in [-0.05, 0) is 51.2 Å². The molecule has 1 amide bonds. The third-order valence-electron chi connectivity index (χ3n) is 5.69. The zero-order chi connectivity index (χ0) is 22.0. The van der Waals surface area contributed by atoms with Gasteiger partial charge in [0.25, 0.3) is 5.91 Å². The third-order valence-corrected chi connectivity index (χ3v) is 6.56. The number of halogens is 3. The van der Waals surface area contributed by atoms with E-state index in [1.165, 1.54) is 0 Å². The molecular formula is C21H25F3N4O2S. The van der Waals surface area contributed by atoms with Gasteiger partial charge in [0.2, 0.25) is 0 Å². The first-order chi connectivity index (χ1) is 14.8. The molecular weight excluding hydrogens is 429 g/mol. The Morgan fingerprint density at radius 1 is 1.16 bits per heavy atom. The van der Waals surface area contributed by atoms with Gasteiger partial charge in [0.05, 0.1) is 5.75 Å². The Labute approximate surface area is 183 Å². The number of piperidine rings is 1. The average molecular weight is 455 g/mol. The molecule has 0 aliphatic carbocycles. The minimum absolute atomic E-state index is 0.0476. The first-order valence-electron chi connectivity index (χ1n) is 10.5. The van der Waals surface area contributed by atoms with Gasteiger partial charge >= 0.3 is 6.18 Å². The predicted molar refractivity (Wildman–Crippen MR) is 111 cm³/mol. The highest BCUT2D eigenvalue weighted by molar-refractivity contribution is 7.98. The summed E-state index contributed by atoms with van der Waals surface area (Å²) in [6, 6.07) is 4.46. The molecule has 10 heteroatoms. The molecule has 2 aliphatic heterocycles. The molecule has 2 aromatic heterocycles. The van der Waals surface area contributed by atoms with Crippen LogP contribution in [0.2, 0.25) is 0 Å². The number of likely N-dealkylation sites (tertiary alicyclic amines) is 1. The minimum atomic E-state index is -4.55. The molecule has 1 atom stereocenters. The van der Waals surface area contributed by atoms with E-state index in [0.29, 0.717) is 18.1 Å². The Morgan fingerprint density at radius 3 is 2.61 bits per heavy atom. The lowest BCUT2D eigenvalue weighted by Crippen LogP contribution is -2.38. The van der Waals surface area contributed by atoms with Crippen molar-refractivity contribution in [1.82, 2.24) is 14.9 Å². The smallest absolute Gasteiger partial charge is 0.433 e. The first kappa shape index (κ1) is 22.0. The molecule has 0 unspecified atom stereocenters. The molecule has 0 bridgehead atoms. The number of furan rings is 1. The van der Waals surface area contributed by atoms with Crippen molar-refractivity contribution in [2.75, 3.05) is 24.5 Å². The normalized spacial score (nSPS) is 19.8. The van der Waals surface area contributed by atoms with E-state index in [1.807, 2.05) is 11.8 Å². The molecule has 0 N–H and O–H groups in total. The maximum atomic E-state index is 13.4. The zero-order valence-electron chi connectivity index (χ0n) is 17.3. The Morgan fingerprint density at radius 2 is 1.90 bits per heavy atom. The summed E-state index contributed by atoms with van der Waals surface area (Å²) in [5.41, 5.74) is -0.942. The van der Waals surface area contributed by atoms with Gasteiger partial charge in [0.1, 0.15) is 11.6 Å². The monoisotopic (exact) mass is 454 g/mol. The quantitative estimate of drug-likeness (QED) is 0.468. The van der Waals surface area contributed by atoms with Gasteiger partial charge in [-0.15, -0.1) is 0 Å². The minimum Gasteiger partial charge on any atom is -0.455 e. The van der Waals surface area contributed by atoms with Gasteiger partial charge in [-0.25, -0.2) is 9.97 Å². The van der Waals surface area contributed by atoms with Crippen LogP contribution in [0.4, 0.5) is 19.0 Å². The summed E-state index contributed by atoms with van der Waals surface area (Å²) in [6.45, 7) is 4.13. The Balaban J connectivity index is 1.50. The number of aromatic nitrogens is 2. The summed E-state index contributed by atoms with van der Waals surface area (Å²) in [6.07, 6.45) is 0.339. The summed E-state index contributed by atoms with van der Waals surface area (Å²) in [5, 5.41) is 0.0476. The summed E-state index contributed by atoms with van der Waals surface area (Å²) in [5.74, 6) is 1.15. The Hall–Kier alpha value is -2.23. The van der Waals surface area contributed by atoms with Crippen molar-refractivity contribution in [1.29, 1.82) is 0 Å². The summed E-state index contributed by atoms with van der Waals surface area (Å²) in [4.78, 5) is 24.2. The van der Waals surface area contributed by atoms with Crippen molar-refractivity contribution in [3.8, 4) is 0 Å². The molecule has 0 spiro atoms. The van der Waals surface area contributed by atoms with E-state index >= 15 is 0 Å². The maximum absolute atomic E-state index is 13.4. The van der Waals surface area contributed by atoms with E-state index in [0.717, 1.165) is 63.0 Å². The summed E-state index contributed by atoms with van der Waals surface area (Å²) < 4.78 is 46.0. The Bertz CT molecular complexity index is 928. The highest BCUT2D eigenvalue weighted by atomic mass is 32.2. The molecule has 168 valence electrons. The van der Waals surface area contributed by atoms with Gasteiger partial charge in [-0.1, -0.05) is 11.8 Å². The number of alkyl halides is 3. The molecule has 31 heavy (non-hydrogen) atoms. The number of anilines is 1. The summed E-state index contributed by atoms with van der Waals surface area (Å²) in [7, 11) is 0. The van der Waals surface area contributed by atoms with Crippen molar-refractivity contribution in [2.45, 2.75) is 62.2 Å². The number of amides is 1. The molecule has 2 saturated heterocycles. The number of hydrogen-bond donors (Lipinski definition) is 0. The molecule has 0 saturated carbocycles. The molecule has 6 nitrogen and oxygen atoms in total. The second-order valence-electron chi connectivity index (χ2n) is 7.98. The molecule has 2 aliphatic rings. The average Bonchev–Trinajstić information content (AvgIpc) is 3.44. The van der Waals surface area contributed by atoms with E-state index in [-0.39, 0.29) is 28.6 Å². The van der Waals surface area contributed by atoms with E-state index < -0.39 is 11.9 Å². The number of carbonyl (C=O) groups is 1. The lowest BCUT2D eigenvalue weighted by Gasteiger charge is -2.34. The number of hydrogen-bond acceptors (Lipinski definition) is 6. The topological polar surface area (TPSA) is 62.5 Å². The number of rotatable bonds is 5. The van der Waals surface area contributed by atoms with Crippen molar-refractivity contribution in [2.24, 2.45) is 0 Å². The van der Waals surface area contributed by atoms with E-state index in [9.17, 15) is 18.0 Å². The maximum Gasteiger partial charge on any atom is 0.433 e. The number of nitrogens with zero attached hydrogens (tertiary/aromatic N) is 4.